The van der Waals surface area contributed by atoms with Gasteiger partial charge in [0.1, 0.15) is 0 Å². The van der Waals surface area contributed by atoms with E-state index in [4.69, 9.17) is 9.98 Å². The highest BCUT2D eigenvalue weighted by Crippen LogP contribution is 2.26. The molecule has 8 aromatic carbocycles. The van der Waals surface area contributed by atoms with Gasteiger partial charge in [0.25, 0.3) is 0 Å². The van der Waals surface area contributed by atoms with E-state index in [0.29, 0.717) is 59.8 Å². The van der Waals surface area contributed by atoms with Gasteiger partial charge in [0.2, 0.25) is 11.8 Å². The summed E-state index contributed by atoms with van der Waals surface area (Å²) in [5.74, 6) is -3.32. The van der Waals surface area contributed by atoms with Gasteiger partial charge >= 0.3 is 11.9 Å². The summed E-state index contributed by atoms with van der Waals surface area (Å²) < 4.78 is 0. The maximum atomic E-state index is 14.1. The zero-order valence-corrected chi connectivity index (χ0v) is 41.4. The van der Waals surface area contributed by atoms with Gasteiger partial charge < -0.3 is 20.8 Å². The molecule has 0 heterocycles. The van der Waals surface area contributed by atoms with E-state index in [9.17, 15) is 29.4 Å². The SMILES string of the molecule is O=C(CN(Cc1ccccc1)Cc1ccccc1)Nc1ccccc1C(=N[C@@H](C[C@H](N=C(c1ccccc1)c1ccccc1NC(=O)CN(Cc1ccccc1)Cc1ccccc1)C(=O)O)C(=O)O)c1ccccc1. The van der Waals surface area contributed by atoms with Crippen molar-refractivity contribution < 1.29 is 29.4 Å². The highest BCUT2D eigenvalue weighted by Gasteiger charge is 2.30. The van der Waals surface area contributed by atoms with Crippen LogP contribution < -0.4 is 10.6 Å². The fraction of sp³-hybridized carbons (Fsp3) is 0.143. The van der Waals surface area contributed by atoms with Crippen LogP contribution in [0.15, 0.2) is 241 Å². The van der Waals surface area contributed by atoms with E-state index in [2.05, 4.69) is 10.6 Å². The van der Waals surface area contributed by atoms with Crippen LogP contribution >= 0.6 is 0 Å². The molecule has 8 rings (SSSR count). The van der Waals surface area contributed by atoms with E-state index in [1.165, 1.54) is 0 Å². The third-order valence-corrected chi connectivity index (χ3v) is 12.3. The van der Waals surface area contributed by atoms with Gasteiger partial charge in [0.05, 0.1) is 35.9 Å². The van der Waals surface area contributed by atoms with Crippen LogP contribution in [0, 0.1) is 0 Å². The number of benzene rings is 8. The Bertz CT molecular complexity index is 2900. The van der Waals surface area contributed by atoms with Gasteiger partial charge in [-0.1, -0.05) is 218 Å². The molecule has 0 aliphatic rings. The number of carbonyl (C=O) groups is 4. The third-order valence-electron chi connectivity index (χ3n) is 12.3. The molecule has 12 heteroatoms. The largest absolute Gasteiger partial charge is 0.480 e. The normalized spacial score (nSPS) is 12.5. The third kappa shape index (κ3) is 15.5. The summed E-state index contributed by atoms with van der Waals surface area (Å²) in [7, 11) is 0. The number of aliphatic imine (C=N–C) groups is 2. The summed E-state index contributed by atoms with van der Waals surface area (Å²) in [5.41, 5.74) is 7.45. The number of hydrogen-bond donors (Lipinski definition) is 4. The Balaban J connectivity index is 1.09. The molecule has 12 nitrogen and oxygen atoms in total. The summed E-state index contributed by atoms with van der Waals surface area (Å²) in [5, 5.41) is 28.0. The number of hydrogen-bond acceptors (Lipinski definition) is 8. The van der Waals surface area contributed by atoms with Crippen LogP contribution in [0.3, 0.4) is 0 Å². The highest BCUT2D eigenvalue weighted by molar-refractivity contribution is 6.18. The van der Waals surface area contributed by atoms with Crippen LogP contribution in [-0.4, -0.2) is 80.4 Å². The summed E-state index contributed by atoms with van der Waals surface area (Å²) >= 11 is 0. The van der Waals surface area contributed by atoms with Gasteiger partial charge in [0, 0.05) is 54.9 Å². The van der Waals surface area contributed by atoms with Crippen molar-refractivity contribution in [1.29, 1.82) is 0 Å². The topological polar surface area (TPSA) is 164 Å². The number of carboxylic acid groups (broad SMARTS) is 2. The monoisotopic (exact) mass is 994 g/mol. The lowest BCUT2D eigenvalue weighted by Crippen LogP contribution is -2.33. The quantitative estimate of drug-likeness (QED) is 0.0435. The molecule has 0 unspecified atom stereocenters. The van der Waals surface area contributed by atoms with Crippen molar-refractivity contribution in [3.05, 3.63) is 275 Å². The first kappa shape index (κ1) is 52.2. The summed E-state index contributed by atoms with van der Waals surface area (Å²) in [6.07, 6.45) is -0.539. The van der Waals surface area contributed by atoms with E-state index in [0.717, 1.165) is 22.3 Å². The van der Waals surface area contributed by atoms with Crippen LogP contribution in [0.2, 0.25) is 0 Å². The number of carbonyl (C=O) groups excluding carboxylic acids is 2. The van der Waals surface area contributed by atoms with E-state index in [1.807, 2.05) is 143 Å². The minimum Gasteiger partial charge on any atom is -0.480 e. The second-order valence-corrected chi connectivity index (χ2v) is 18.1. The Morgan fingerprint density at radius 1 is 0.373 bits per heavy atom. The fourth-order valence-corrected chi connectivity index (χ4v) is 8.82. The van der Waals surface area contributed by atoms with Crippen LogP contribution in [-0.2, 0) is 45.4 Å². The molecule has 0 fully saturated rings. The van der Waals surface area contributed by atoms with Crippen LogP contribution in [0.1, 0.15) is 50.9 Å². The van der Waals surface area contributed by atoms with Crippen molar-refractivity contribution in [1.82, 2.24) is 9.80 Å². The molecule has 4 N–H and O–H groups in total. The molecule has 0 aromatic heterocycles. The molecule has 0 radical (unpaired) electrons. The maximum absolute atomic E-state index is 14.1. The number of rotatable bonds is 24. The predicted octanol–water partition coefficient (Wildman–Crippen LogP) is 10.6. The van der Waals surface area contributed by atoms with Gasteiger partial charge in [0.15, 0.2) is 12.1 Å². The Morgan fingerprint density at radius 2 is 0.640 bits per heavy atom. The lowest BCUT2D eigenvalue weighted by molar-refractivity contribution is -0.140. The first-order valence-electron chi connectivity index (χ1n) is 24.8. The minimum absolute atomic E-state index is 0.0451. The smallest absolute Gasteiger partial charge is 0.328 e. The van der Waals surface area contributed by atoms with Crippen LogP contribution in [0.5, 0.6) is 0 Å². The maximum Gasteiger partial charge on any atom is 0.328 e. The number of para-hydroxylation sites is 2. The molecule has 0 aliphatic carbocycles. The van der Waals surface area contributed by atoms with Crippen molar-refractivity contribution >= 4 is 46.6 Å². The second kappa shape index (κ2) is 26.6. The molecule has 75 heavy (non-hydrogen) atoms. The first-order valence-corrected chi connectivity index (χ1v) is 24.8. The standard InChI is InChI=1S/C63H58N6O6/c70-58(44-68(40-46-23-7-1-8-24-46)41-47-25-9-2-10-26-47)64-54-37-21-19-35-52(54)60(50-31-15-5-16-32-50)66-56(62(72)73)39-57(63(74)75)67-61(51-33-17-6-18-34-51)53-36-20-22-38-55(53)65-59(71)45-69(42-48-27-11-3-12-28-48)43-49-29-13-4-14-30-49/h1-38,56-57H,39-45H2,(H,64,70)(H,65,71)(H,72,73)(H,74,75)/t56-,57-/m0/s1. The number of amides is 2. The van der Waals surface area contributed by atoms with Gasteiger partial charge in [-0.2, -0.15) is 0 Å². The fourth-order valence-electron chi connectivity index (χ4n) is 8.82. The van der Waals surface area contributed by atoms with E-state index in [-0.39, 0.29) is 36.3 Å². The Morgan fingerprint density at radius 3 is 0.933 bits per heavy atom. The second-order valence-electron chi connectivity index (χ2n) is 18.1. The van der Waals surface area contributed by atoms with Crippen LogP contribution in [0.4, 0.5) is 11.4 Å². The van der Waals surface area contributed by atoms with Crippen molar-refractivity contribution in [2.45, 2.75) is 44.7 Å². The minimum atomic E-state index is -1.62. The molecule has 0 aliphatic heterocycles. The summed E-state index contributed by atoms with van der Waals surface area (Å²) in [6, 6.07) is 68.4. The Hall–Kier alpha value is -9.10. The predicted molar refractivity (Wildman–Crippen MR) is 296 cm³/mol. The van der Waals surface area contributed by atoms with Crippen LogP contribution in [0.25, 0.3) is 0 Å². The number of nitrogens with one attached hydrogen (secondary N) is 2. The average molecular weight is 995 g/mol. The number of carboxylic acids is 2. The molecule has 0 spiro atoms. The van der Waals surface area contributed by atoms with E-state index >= 15 is 0 Å². The average Bonchev–Trinajstić information content (AvgIpc) is 3.42. The first-order chi connectivity index (χ1) is 36.6. The van der Waals surface area contributed by atoms with Crippen molar-refractivity contribution in [3.8, 4) is 0 Å². The number of aliphatic carboxylic acids is 2. The lowest BCUT2D eigenvalue weighted by Gasteiger charge is -2.23. The number of anilines is 2. The molecule has 0 saturated carbocycles. The highest BCUT2D eigenvalue weighted by atomic mass is 16.4. The zero-order valence-electron chi connectivity index (χ0n) is 41.4. The van der Waals surface area contributed by atoms with Gasteiger partial charge in [-0.15, -0.1) is 0 Å². The molecule has 8 aromatic rings. The van der Waals surface area contributed by atoms with E-state index < -0.39 is 30.4 Å². The van der Waals surface area contributed by atoms with Gasteiger partial charge in [-0.3, -0.25) is 29.4 Å². The molecule has 2 amide bonds. The molecule has 376 valence electrons. The van der Waals surface area contributed by atoms with Crippen molar-refractivity contribution in [3.63, 3.8) is 0 Å². The van der Waals surface area contributed by atoms with Crippen molar-refractivity contribution in [2.24, 2.45) is 9.98 Å². The summed E-state index contributed by atoms with van der Waals surface area (Å²) in [6.45, 7) is 2.16. The lowest BCUT2D eigenvalue weighted by atomic mass is 9.98. The number of nitrogens with zero attached hydrogens (tertiary/aromatic N) is 4. The van der Waals surface area contributed by atoms with Gasteiger partial charge in [-0.05, 0) is 34.4 Å². The molecule has 0 saturated heterocycles. The Kier molecular flexibility index (Phi) is 18.5. The molecular weight excluding hydrogens is 937 g/mol. The molecular formula is C63H58N6O6. The van der Waals surface area contributed by atoms with E-state index in [1.54, 1.807) is 97.1 Å². The van der Waals surface area contributed by atoms with Crippen molar-refractivity contribution in [2.75, 3.05) is 23.7 Å². The molecule has 0 bridgehead atoms. The Labute approximate surface area is 437 Å². The summed E-state index contributed by atoms with van der Waals surface area (Å²) in [4.78, 5) is 68.7. The van der Waals surface area contributed by atoms with Gasteiger partial charge in [-0.25, -0.2) is 9.59 Å². The molecule has 2 atom stereocenters. The zero-order chi connectivity index (χ0) is 52.2.